The van der Waals surface area contributed by atoms with Crippen molar-refractivity contribution >= 4 is 29.3 Å². The number of anilines is 3. The standard InChI is InChI=1S/C21H21N5O/c1-15-6-8-16(9-7-15)12-23-21-24-13-17(14-25-21)10-11-20(27)26-19-5-3-2-4-18(19)22/h2-11,13-14H,12,22H2,1H3,(H,26,27)(H,23,24,25)/b11-10+. The van der Waals surface area contributed by atoms with E-state index in [-0.39, 0.29) is 5.91 Å². The van der Waals surface area contributed by atoms with Crippen LogP contribution in [0, 0.1) is 6.92 Å². The number of aromatic nitrogens is 2. The zero-order valence-electron chi connectivity index (χ0n) is 15.0. The monoisotopic (exact) mass is 359 g/mol. The second-order valence-electron chi connectivity index (χ2n) is 6.09. The average molecular weight is 359 g/mol. The van der Waals surface area contributed by atoms with Crippen molar-refractivity contribution in [2.24, 2.45) is 0 Å². The molecule has 0 spiro atoms. The predicted octanol–water partition coefficient (Wildman–Crippen LogP) is 3.63. The predicted molar refractivity (Wildman–Crippen MR) is 109 cm³/mol. The van der Waals surface area contributed by atoms with Gasteiger partial charge in [0.15, 0.2) is 0 Å². The van der Waals surface area contributed by atoms with Gasteiger partial charge in [-0.3, -0.25) is 4.79 Å². The summed E-state index contributed by atoms with van der Waals surface area (Å²) in [5.74, 6) is 0.267. The lowest BCUT2D eigenvalue weighted by Gasteiger charge is -2.06. The number of hydrogen-bond acceptors (Lipinski definition) is 5. The summed E-state index contributed by atoms with van der Waals surface area (Å²) in [6.07, 6.45) is 6.39. The first-order valence-electron chi connectivity index (χ1n) is 8.55. The number of carbonyl (C=O) groups excluding carboxylic acids is 1. The third kappa shape index (κ3) is 5.40. The minimum Gasteiger partial charge on any atom is -0.397 e. The van der Waals surface area contributed by atoms with Gasteiger partial charge in [0.2, 0.25) is 11.9 Å². The van der Waals surface area contributed by atoms with Crippen molar-refractivity contribution < 1.29 is 4.79 Å². The highest BCUT2D eigenvalue weighted by Crippen LogP contribution is 2.16. The fraction of sp³-hybridized carbons (Fsp3) is 0.0952. The van der Waals surface area contributed by atoms with Gasteiger partial charge in [0.25, 0.3) is 0 Å². The Hall–Kier alpha value is -3.67. The van der Waals surface area contributed by atoms with Crippen LogP contribution in [-0.2, 0) is 11.3 Å². The number of para-hydroxylation sites is 2. The molecule has 27 heavy (non-hydrogen) atoms. The van der Waals surface area contributed by atoms with Crippen LogP contribution in [0.25, 0.3) is 6.08 Å². The fourth-order valence-electron chi connectivity index (χ4n) is 2.36. The van der Waals surface area contributed by atoms with Crippen LogP contribution in [0.3, 0.4) is 0 Å². The lowest BCUT2D eigenvalue weighted by atomic mass is 10.1. The van der Waals surface area contributed by atoms with E-state index in [4.69, 9.17) is 5.73 Å². The minimum atomic E-state index is -0.269. The second-order valence-corrected chi connectivity index (χ2v) is 6.09. The van der Waals surface area contributed by atoms with Gasteiger partial charge >= 0.3 is 0 Å². The normalized spacial score (nSPS) is 10.7. The van der Waals surface area contributed by atoms with E-state index in [1.54, 1.807) is 30.6 Å². The molecule has 0 aliphatic carbocycles. The Morgan fingerprint density at radius 1 is 1.07 bits per heavy atom. The minimum absolute atomic E-state index is 0.269. The number of rotatable bonds is 6. The van der Waals surface area contributed by atoms with Crippen molar-refractivity contribution in [3.8, 4) is 0 Å². The van der Waals surface area contributed by atoms with E-state index < -0.39 is 0 Å². The third-order valence-electron chi connectivity index (χ3n) is 3.89. The van der Waals surface area contributed by atoms with Gasteiger partial charge in [-0.25, -0.2) is 9.97 Å². The van der Waals surface area contributed by atoms with Crippen LogP contribution < -0.4 is 16.4 Å². The highest BCUT2D eigenvalue weighted by molar-refractivity contribution is 6.03. The molecule has 2 aromatic carbocycles. The zero-order valence-corrected chi connectivity index (χ0v) is 15.0. The summed E-state index contributed by atoms with van der Waals surface area (Å²) in [7, 11) is 0. The van der Waals surface area contributed by atoms with Gasteiger partial charge in [-0.05, 0) is 30.7 Å². The van der Waals surface area contributed by atoms with E-state index in [0.717, 1.165) is 11.1 Å². The van der Waals surface area contributed by atoms with Crippen molar-refractivity contribution in [2.45, 2.75) is 13.5 Å². The molecule has 1 heterocycles. The van der Waals surface area contributed by atoms with Crippen molar-refractivity contribution in [3.63, 3.8) is 0 Å². The average Bonchev–Trinajstić information content (AvgIpc) is 2.68. The Morgan fingerprint density at radius 3 is 2.48 bits per heavy atom. The van der Waals surface area contributed by atoms with Crippen molar-refractivity contribution in [2.75, 3.05) is 16.4 Å². The van der Waals surface area contributed by atoms with Crippen LogP contribution in [0.15, 0.2) is 67.0 Å². The number of carbonyl (C=O) groups is 1. The van der Waals surface area contributed by atoms with Crippen LogP contribution in [-0.4, -0.2) is 15.9 Å². The van der Waals surface area contributed by atoms with E-state index in [1.165, 1.54) is 11.6 Å². The lowest BCUT2D eigenvalue weighted by Crippen LogP contribution is -2.09. The number of benzene rings is 2. The summed E-state index contributed by atoms with van der Waals surface area (Å²) >= 11 is 0. The molecule has 3 rings (SSSR count). The molecule has 1 amide bonds. The summed E-state index contributed by atoms with van der Waals surface area (Å²) < 4.78 is 0. The van der Waals surface area contributed by atoms with Gasteiger partial charge in [0, 0.05) is 30.6 Å². The number of nitrogen functional groups attached to an aromatic ring is 1. The number of nitrogens with zero attached hydrogens (tertiary/aromatic N) is 2. The molecule has 1 aromatic heterocycles. The van der Waals surface area contributed by atoms with Gasteiger partial charge in [-0.15, -0.1) is 0 Å². The van der Waals surface area contributed by atoms with Gasteiger partial charge in [0.05, 0.1) is 11.4 Å². The Kier molecular flexibility index (Phi) is 5.79. The first-order chi connectivity index (χ1) is 13.1. The van der Waals surface area contributed by atoms with E-state index in [1.807, 2.05) is 12.1 Å². The molecule has 0 atom stereocenters. The molecule has 0 bridgehead atoms. The summed E-state index contributed by atoms with van der Waals surface area (Å²) in [4.78, 5) is 20.5. The number of amides is 1. The Balaban J connectivity index is 1.53. The highest BCUT2D eigenvalue weighted by atomic mass is 16.1. The summed E-state index contributed by atoms with van der Waals surface area (Å²) in [5.41, 5.74) is 10.0. The van der Waals surface area contributed by atoms with E-state index >= 15 is 0 Å². The SMILES string of the molecule is Cc1ccc(CNc2ncc(/C=C/C(=O)Nc3ccccc3N)cn2)cc1. The Morgan fingerprint density at radius 2 is 1.78 bits per heavy atom. The molecule has 136 valence electrons. The molecule has 6 nitrogen and oxygen atoms in total. The van der Waals surface area contributed by atoms with E-state index in [9.17, 15) is 4.79 Å². The van der Waals surface area contributed by atoms with Gasteiger partial charge in [-0.1, -0.05) is 42.0 Å². The largest absolute Gasteiger partial charge is 0.397 e. The number of aryl methyl sites for hydroxylation is 1. The van der Waals surface area contributed by atoms with Crippen LogP contribution >= 0.6 is 0 Å². The number of hydrogen-bond donors (Lipinski definition) is 3. The third-order valence-corrected chi connectivity index (χ3v) is 3.89. The smallest absolute Gasteiger partial charge is 0.248 e. The van der Waals surface area contributed by atoms with E-state index in [0.29, 0.717) is 23.9 Å². The second kappa shape index (κ2) is 8.62. The molecule has 6 heteroatoms. The molecule has 0 aliphatic rings. The molecular formula is C21H21N5O. The molecule has 0 saturated carbocycles. The lowest BCUT2D eigenvalue weighted by molar-refractivity contribution is -0.111. The molecule has 0 fully saturated rings. The van der Waals surface area contributed by atoms with Crippen LogP contribution in [0.5, 0.6) is 0 Å². The topological polar surface area (TPSA) is 92.9 Å². The molecule has 0 aliphatic heterocycles. The maximum absolute atomic E-state index is 12.0. The highest BCUT2D eigenvalue weighted by Gasteiger charge is 2.01. The molecule has 3 aromatic rings. The first kappa shape index (κ1) is 18.1. The Labute approximate surface area is 158 Å². The maximum atomic E-state index is 12.0. The van der Waals surface area contributed by atoms with Crippen LogP contribution in [0.2, 0.25) is 0 Å². The van der Waals surface area contributed by atoms with Crippen molar-refractivity contribution in [1.29, 1.82) is 0 Å². The van der Waals surface area contributed by atoms with Crippen molar-refractivity contribution in [1.82, 2.24) is 9.97 Å². The first-order valence-corrected chi connectivity index (χ1v) is 8.55. The zero-order chi connectivity index (χ0) is 19.1. The van der Waals surface area contributed by atoms with E-state index in [2.05, 4.69) is 51.8 Å². The molecule has 0 radical (unpaired) electrons. The number of nitrogens with one attached hydrogen (secondary N) is 2. The molecule has 0 unspecified atom stereocenters. The van der Waals surface area contributed by atoms with Crippen LogP contribution in [0.4, 0.5) is 17.3 Å². The molecule has 4 N–H and O–H groups in total. The molecular weight excluding hydrogens is 338 g/mol. The van der Waals surface area contributed by atoms with Gasteiger partial charge < -0.3 is 16.4 Å². The Bertz CT molecular complexity index is 934. The quantitative estimate of drug-likeness (QED) is 0.462. The van der Waals surface area contributed by atoms with Gasteiger partial charge in [-0.2, -0.15) is 0 Å². The maximum Gasteiger partial charge on any atom is 0.248 e. The summed E-state index contributed by atoms with van der Waals surface area (Å²) in [6.45, 7) is 2.71. The van der Waals surface area contributed by atoms with Crippen molar-refractivity contribution in [3.05, 3.63) is 83.7 Å². The number of nitrogens with two attached hydrogens (primary N) is 1. The van der Waals surface area contributed by atoms with Gasteiger partial charge in [0.1, 0.15) is 0 Å². The van der Waals surface area contributed by atoms with Crippen LogP contribution in [0.1, 0.15) is 16.7 Å². The summed E-state index contributed by atoms with van der Waals surface area (Å²) in [5, 5.41) is 5.90. The molecule has 0 saturated heterocycles. The fourth-order valence-corrected chi connectivity index (χ4v) is 2.36. The summed E-state index contributed by atoms with van der Waals surface area (Å²) in [6, 6.07) is 15.4.